The van der Waals surface area contributed by atoms with Gasteiger partial charge >= 0.3 is 6.18 Å². The molecule has 0 aliphatic carbocycles. The van der Waals surface area contributed by atoms with E-state index in [0.29, 0.717) is 6.07 Å². The lowest BCUT2D eigenvalue weighted by molar-refractivity contribution is -0.141. The summed E-state index contributed by atoms with van der Waals surface area (Å²) in [5, 5.41) is 14.8. The highest BCUT2D eigenvalue weighted by molar-refractivity contribution is 5.97. The summed E-state index contributed by atoms with van der Waals surface area (Å²) in [6.07, 6.45) is -4.72. The molecule has 22 heavy (non-hydrogen) atoms. The highest BCUT2D eigenvalue weighted by Gasteiger charge is 2.35. The van der Waals surface area contributed by atoms with E-state index in [1.54, 1.807) is 0 Å². The van der Waals surface area contributed by atoms with Crippen LogP contribution in [0.5, 0.6) is 0 Å². The molecular formula is C12H10F3N5O2. The van der Waals surface area contributed by atoms with Gasteiger partial charge in [0.1, 0.15) is 5.69 Å². The zero-order valence-corrected chi connectivity index (χ0v) is 10.9. The predicted octanol–water partition coefficient (Wildman–Crippen LogP) is 1.08. The molecule has 1 heterocycles. The molecular weight excluding hydrogens is 303 g/mol. The number of carbonyl (C=O) groups is 1. The number of amides is 1. The first-order valence-corrected chi connectivity index (χ1v) is 5.79. The molecule has 0 unspecified atom stereocenters. The van der Waals surface area contributed by atoms with Gasteiger partial charge in [-0.25, -0.2) is 4.68 Å². The quantitative estimate of drug-likeness (QED) is 0.340. The van der Waals surface area contributed by atoms with E-state index >= 15 is 0 Å². The van der Waals surface area contributed by atoms with E-state index in [0.717, 1.165) is 4.68 Å². The Balaban J connectivity index is 2.61. The van der Waals surface area contributed by atoms with Gasteiger partial charge in [-0.1, -0.05) is 17.3 Å². The molecule has 116 valence electrons. The Bertz CT molecular complexity index is 751. The predicted molar refractivity (Wildman–Crippen MR) is 69.6 cm³/mol. The van der Waals surface area contributed by atoms with Gasteiger partial charge in [0.05, 0.1) is 5.69 Å². The molecule has 2 aromatic rings. The number of hydrogen-bond donors (Lipinski definition) is 3. The van der Waals surface area contributed by atoms with Crippen LogP contribution in [-0.4, -0.2) is 26.7 Å². The highest BCUT2D eigenvalue weighted by Crippen LogP contribution is 2.29. The van der Waals surface area contributed by atoms with Crippen LogP contribution in [0.4, 0.5) is 13.2 Å². The maximum atomic E-state index is 12.7. The first-order chi connectivity index (χ1) is 10.2. The van der Waals surface area contributed by atoms with Crippen molar-refractivity contribution in [1.82, 2.24) is 9.78 Å². The minimum Gasteiger partial charge on any atom is -0.409 e. The number of rotatable bonds is 3. The summed E-state index contributed by atoms with van der Waals surface area (Å²) in [5.74, 6) is -1.32. The molecule has 0 spiro atoms. The Labute approximate surface area is 121 Å². The van der Waals surface area contributed by atoms with Crippen molar-refractivity contribution in [3.8, 4) is 5.69 Å². The number of primary amides is 1. The van der Waals surface area contributed by atoms with Crippen LogP contribution in [0, 0.1) is 0 Å². The number of nitrogens with two attached hydrogens (primary N) is 2. The van der Waals surface area contributed by atoms with E-state index in [1.807, 2.05) is 0 Å². The zero-order chi connectivity index (χ0) is 16.5. The minimum atomic E-state index is -4.72. The number of amidine groups is 1. The van der Waals surface area contributed by atoms with E-state index < -0.39 is 23.5 Å². The molecule has 5 N–H and O–H groups in total. The second kappa shape index (κ2) is 5.39. The Morgan fingerprint density at radius 3 is 2.50 bits per heavy atom. The van der Waals surface area contributed by atoms with Crippen LogP contribution < -0.4 is 11.5 Å². The molecule has 0 saturated heterocycles. The number of alkyl halides is 3. The van der Waals surface area contributed by atoms with Gasteiger partial charge in [-0.05, 0) is 12.1 Å². The molecule has 0 saturated carbocycles. The molecule has 0 bridgehead atoms. The summed E-state index contributed by atoms with van der Waals surface area (Å²) in [4.78, 5) is 11.3. The van der Waals surface area contributed by atoms with E-state index in [1.165, 1.54) is 24.3 Å². The SMILES string of the molecule is NC(=O)c1cc(C(F)(F)F)nn1-c1cccc(C(N)=NO)c1. The van der Waals surface area contributed by atoms with Gasteiger partial charge in [0.15, 0.2) is 11.5 Å². The third kappa shape index (κ3) is 2.85. The molecule has 0 aliphatic heterocycles. The van der Waals surface area contributed by atoms with E-state index in [2.05, 4.69) is 10.3 Å². The van der Waals surface area contributed by atoms with Gasteiger partial charge in [0, 0.05) is 11.6 Å². The number of carbonyl (C=O) groups excluding carboxylic acids is 1. The smallest absolute Gasteiger partial charge is 0.409 e. The van der Waals surface area contributed by atoms with E-state index in [9.17, 15) is 18.0 Å². The maximum Gasteiger partial charge on any atom is 0.435 e. The van der Waals surface area contributed by atoms with E-state index in [4.69, 9.17) is 16.7 Å². The van der Waals surface area contributed by atoms with Crippen molar-refractivity contribution in [2.24, 2.45) is 16.6 Å². The lowest BCUT2D eigenvalue weighted by Gasteiger charge is -2.07. The van der Waals surface area contributed by atoms with Crippen LogP contribution in [0.25, 0.3) is 5.69 Å². The first kappa shape index (κ1) is 15.4. The normalized spacial score (nSPS) is 12.4. The van der Waals surface area contributed by atoms with Crippen LogP contribution in [0.1, 0.15) is 21.7 Å². The summed E-state index contributed by atoms with van der Waals surface area (Å²) in [5.41, 5.74) is 9.13. The molecule has 1 aromatic carbocycles. The lowest BCUT2D eigenvalue weighted by Crippen LogP contribution is -2.18. The first-order valence-electron chi connectivity index (χ1n) is 5.79. The van der Waals surface area contributed by atoms with Crippen LogP contribution in [0.3, 0.4) is 0 Å². The van der Waals surface area contributed by atoms with Gasteiger partial charge < -0.3 is 16.7 Å². The Hall–Kier alpha value is -3.04. The van der Waals surface area contributed by atoms with Crippen LogP contribution >= 0.6 is 0 Å². The standard InChI is InChI=1S/C12H10F3N5O2/c13-12(14,15)9-5-8(11(17)21)20(18-9)7-3-1-2-6(4-7)10(16)19-22/h1-5,22H,(H2,16,19)(H2,17,21). The largest absolute Gasteiger partial charge is 0.435 e. The van der Waals surface area contributed by atoms with Gasteiger partial charge in [-0.2, -0.15) is 18.3 Å². The fraction of sp³-hybridized carbons (Fsp3) is 0.0833. The lowest BCUT2D eigenvalue weighted by atomic mass is 10.2. The van der Waals surface area contributed by atoms with Crippen LogP contribution in [0.15, 0.2) is 35.5 Å². The molecule has 0 aliphatic rings. The molecule has 0 atom stereocenters. The second-order valence-corrected chi connectivity index (χ2v) is 4.22. The third-order valence-corrected chi connectivity index (χ3v) is 2.75. The van der Waals surface area contributed by atoms with Crippen molar-refractivity contribution in [1.29, 1.82) is 0 Å². The van der Waals surface area contributed by atoms with Gasteiger partial charge in [-0.3, -0.25) is 4.79 Å². The Morgan fingerprint density at radius 1 is 1.27 bits per heavy atom. The number of halogens is 3. The van der Waals surface area contributed by atoms with Crippen molar-refractivity contribution in [2.45, 2.75) is 6.18 Å². The molecule has 0 fully saturated rings. The number of oxime groups is 1. The van der Waals surface area contributed by atoms with Crippen molar-refractivity contribution in [2.75, 3.05) is 0 Å². The summed E-state index contributed by atoms with van der Waals surface area (Å²) in [6, 6.07) is 6.17. The summed E-state index contributed by atoms with van der Waals surface area (Å²) < 4.78 is 38.9. The average Bonchev–Trinajstić information content (AvgIpc) is 2.92. The fourth-order valence-electron chi connectivity index (χ4n) is 1.75. The number of aromatic nitrogens is 2. The van der Waals surface area contributed by atoms with Gasteiger partial charge in [0.2, 0.25) is 0 Å². The minimum absolute atomic E-state index is 0.105. The summed E-state index contributed by atoms with van der Waals surface area (Å²) in [6.45, 7) is 0. The molecule has 0 radical (unpaired) electrons. The number of benzene rings is 1. The molecule has 10 heteroatoms. The monoisotopic (exact) mass is 313 g/mol. The zero-order valence-electron chi connectivity index (χ0n) is 10.9. The maximum absolute atomic E-state index is 12.7. The molecule has 7 nitrogen and oxygen atoms in total. The fourth-order valence-corrected chi connectivity index (χ4v) is 1.75. The Kier molecular flexibility index (Phi) is 3.76. The second-order valence-electron chi connectivity index (χ2n) is 4.22. The topological polar surface area (TPSA) is 120 Å². The summed E-state index contributed by atoms with van der Waals surface area (Å²) >= 11 is 0. The van der Waals surface area contributed by atoms with Crippen LogP contribution in [0.2, 0.25) is 0 Å². The third-order valence-electron chi connectivity index (χ3n) is 2.75. The Morgan fingerprint density at radius 2 is 1.95 bits per heavy atom. The van der Waals surface area contributed by atoms with Gasteiger partial charge in [0.25, 0.3) is 5.91 Å². The molecule has 1 amide bonds. The highest BCUT2D eigenvalue weighted by atomic mass is 19.4. The van der Waals surface area contributed by atoms with Crippen molar-refractivity contribution in [3.63, 3.8) is 0 Å². The molecule has 2 rings (SSSR count). The van der Waals surface area contributed by atoms with Crippen molar-refractivity contribution < 1.29 is 23.2 Å². The number of hydrogen-bond acceptors (Lipinski definition) is 4. The number of nitrogens with zero attached hydrogens (tertiary/aromatic N) is 3. The van der Waals surface area contributed by atoms with Gasteiger partial charge in [-0.15, -0.1) is 0 Å². The summed E-state index contributed by atoms with van der Waals surface area (Å²) in [7, 11) is 0. The molecule has 1 aromatic heterocycles. The van der Waals surface area contributed by atoms with Crippen molar-refractivity contribution in [3.05, 3.63) is 47.3 Å². The average molecular weight is 313 g/mol. The van der Waals surface area contributed by atoms with Crippen LogP contribution in [-0.2, 0) is 6.18 Å². The van der Waals surface area contributed by atoms with E-state index in [-0.39, 0.29) is 17.1 Å². The van der Waals surface area contributed by atoms with Crippen molar-refractivity contribution >= 4 is 11.7 Å².